The van der Waals surface area contributed by atoms with Gasteiger partial charge in [0.2, 0.25) is 0 Å². The molecule has 6 heteroatoms. The average molecular weight is 316 g/mol. The summed E-state index contributed by atoms with van der Waals surface area (Å²) in [5.41, 5.74) is 2.40. The fourth-order valence-electron chi connectivity index (χ4n) is 2.35. The van der Waals surface area contributed by atoms with Crippen LogP contribution in [0.4, 0.5) is 5.13 Å². The second kappa shape index (κ2) is 5.46. The second-order valence-electron chi connectivity index (χ2n) is 5.06. The Morgan fingerprint density at radius 1 is 1.32 bits per heavy atom. The lowest BCUT2D eigenvalue weighted by atomic mass is 10.2. The Morgan fingerprint density at radius 2 is 2.09 bits per heavy atom. The van der Waals surface area contributed by atoms with Crippen molar-refractivity contribution in [1.82, 2.24) is 4.98 Å². The van der Waals surface area contributed by atoms with E-state index in [1.807, 2.05) is 26.0 Å². The van der Waals surface area contributed by atoms with Gasteiger partial charge in [-0.05, 0) is 38.5 Å². The highest BCUT2D eigenvalue weighted by Gasteiger charge is 2.17. The number of anilines is 1. The zero-order valence-electron chi connectivity index (χ0n) is 12.8. The SMILES string of the molecule is COc1ccc(C)c2sc(NC(=O)c3cc(C)oc3C)nc12. The van der Waals surface area contributed by atoms with Crippen LogP contribution in [-0.4, -0.2) is 18.0 Å². The minimum atomic E-state index is -0.218. The molecule has 1 amide bonds. The van der Waals surface area contributed by atoms with Gasteiger partial charge in [0.15, 0.2) is 5.13 Å². The third-order valence-electron chi connectivity index (χ3n) is 3.43. The summed E-state index contributed by atoms with van der Waals surface area (Å²) in [7, 11) is 1.61. The maximum atomic E-state index is 12.3. The van der Waals surface area contributed by atoms with Crippen molar-refractivity contribution in [3.63, 3.8) is 0 Å². The van der Waals surface area contributed by atoms with Gasteiger partial charge >= 0.3 is 0 Å². The van der Waals surface area contributed by atoms with Gasteiger partial charge in [-0.15, -0.1) is 0 Å². The van der Waals surface area contributed by atoms with Gasteiger partial charge in [0, 0.05) is 0 Å². The summed E-state index contributed by atoms with van der Waals surface area (Å²) in [6.07, 6.45) is 0. The van der Waals surface area contributed by atoms with Gasteiger partial charge in [0.1, 0.15) is 22.8 Å². The molecule has 2 aromatic heterocycles. The first-order chi connectivity index (χ1) is 10.5. The van der Waals surface area contributed by atoms with Crippen LogP contribution >= 0.6 is 11.3 Å². The van der Waals surface area contributed by atoms with E-state index in [1.54, 1.807) is 20.1 Å². The second-order valence-corrected chi connectivity index (χ2v) is 6.06. The van der Waals surface area contributed by atoms with Crippen LogP contribution in [0, 0.1) is 20.8 Å². The van der Waals surface area contributed by atoms with Crippen molar-refractivity contribution in [2.24, 2.45) is 0 Å². The lowest BCUT2D eigenvalue weighted by Gasteiger charge is -2.01. The number of aryl methyl sites for hydroxylation is 3. The van der Waals surface area contributed by atoms with Gasteiger partial charge in [0.05, 0.1) is 17.4 Å². The van der Waals surface area contributed by atoms with Crippen LogP contribution in [0.15, 0.2) is 22.6 Å². The number of aromatic nitrogens is 1. The quantitative estimate of drug-likeness (QED) is 0.791. The molecule has 3 rings (SSSR count). The number of rotatable bonds is 3. The Hall–Kier alpha value is -2.34. The summed E-state index contributed by atoms with van der Waals surface area (Å²) >= 11 is 1.44. The van der Waals surface area contributed by atoms with Crippen LogP contribution in [-0.2, 0) is 0 Å². The maximum absolute atomic E-state index is 12.3. The zero-order valence-corrected chi connectivity index (χ0v) is 13.6. The maximum Gasteiger partial charge on any atom is 0.260 e. The number of fused-ring (bicyclic) bond motifs is 1. The number of amides is 1. The number of hydrogen-bond donors (Lipinski definition) is 1. The number of nitrogens with zero attached hydrogens (tertiary/aromatic N) is 1. The summed E-state index contributed by atoms with van der Waals surface area (Å²) < 4.78 is 11.7. The predicted molar refractivity (Wildman–Crippen MR) is 87.0 cm³/mol. The lowest BCUT2D eigenvalue weighted by molar-refractivity contribution is 0.102. The van der Waals surface area contributed by atoms with E-state index in [0.29, 0.717) is 28.0 Å². The molecule has 0 saturated heterocycles. The fourth-order valence-corrected chi connectivity index (χ4v) is 3.29. The molecule has 0 aliphatic carbocycles. The van der Waals surface area contributed by atoms with Gasteiger partial charge in [-0.3, -0.25) is 10.1 Å². The van der Waals surface area contributed by atoms with E-state index in [4.69, 9.17) is 9.15 Å². The molecule has 3 aromatic rings. The van der Waals surface area contributed by atoms with Crippen molar-refractivity contribution in [3.05, 3.63) is 40.8 Å². The standard InChI is InChI=1S/C16H16N2O3S/c1-8-5-6-12(20-4)13-14(8)22-16(17-13)18-15(19)11-7-9(2)21-10(11)3/h5-7H,1-4H3,(H,17,18,19). The van der Waals surface area contributed by atoms with E-state index in [0.717, 1.165) is 15.8 Å². The molecule has 0 radical (unpaired) electrons. The molecule has 0 saturated carbocycles. The van der Waals surface area contributed by atoms with Crippen molar-refractivity contribution in [2.75, 3.05) is 12.4 Å². The predicted octanol–water partition coefficient (Wildman–Crippen LogP) is 4.08. The number of carbonyl (C=O) groups excluding carboxylic acids is 1. The number of methoxy groups -OCH3 is 1. The van der Waals surface area contributed by atoms with Crippen LogP contribution in [0.5, 0.6) is 5.75 Å². The van der Waals surface area contributed by atoms with Crippen molar-refractivity contribution in [2.45, 2.75) is 20.8 Å². The number of carbonyl (C=O) groups is 1. The molecule has 0 unspecified atom stereocenters. The zero-order chi connectivity index (χ0) is 15.9. The lowest BCUT2D eigenvalue weighted by Crippen LogP contribution is -2.11. The molecule has 0 spiro atoms. The Labute approximate surface area is 131 Å². The van der Waals surface area contributed by atoms with E-state index in [-0.39, 0.29) is 5.91 Å². The molecule has 0 aliphatic rings. The fraction of sp³-hybridized carbons (Fsp3) is 0.250. The summed E-state index contributed by atoms with van der Waals surface area (Å²) in [5, 5.41) is 3.38. The Bertz CT molecular complexity index is 864. The Kier molecular flexibility index (Phi) is 3.62. The monoisotopic (exact) mass is 316 g/mol. The van der Waals surface area contributed by atoms with E-state index < -0.39 is 0 Å². The van der Waals surface area contributed by atoms with Crippen molar-refractivity contribution >= 4 is 32.6 Å². The summed E-state index contributed by atoms with van der Waals surface area (Å²) in [6.45, 7) is 5.60. The third kappa shape index (κ3) is 2.46. The van der Waals surface area contributed by atoms with Crippen molar-refractivity contribution < 1.29 is 13.9 Å². The first kappa shape index (κ1) is 14.6. The molecule has 0 fully saturated rings. The third-order valence-corrected chi connectivity index (χ3v) is 4.54. The Morgan fingerprint density at radius 3 is 2.73 bits per heavy atom. The largest absolute Gasteiger partial charge is 0.494 e. The molecular formula is C16H16N2O3S. The highest BCUT2D eigenvalue weighted by Crippen LogP contribution is 2.35. The van der Waals surface area contributed by atoms with E-state index >= 15 is 0 Å². The van der Waals surface area contributed by atoms with Gasteiger partial charge in [-0.25, -0.2) is 4.98 Å². The summed E-state index contributed by atoms with van der Waals surface area (Å²) in [4.78, 5) is 16.8. The molecular weight excluding hydrogens is 300 g/mol. The molecule has 114 valence electrons. The van der Waals surface area contributed by atoms with Crippen LogP contribution in [0.1, 0.15) is 27.4 Å². The van der Waals surface area contributed by atoms with Crippen LogP contribution in [0.2, 0.25) is 0 Å². The topological polar surface area (TPSA) is 64.4 Å². The molecule has 0 atom stereocenters. The van der Waals surface area contributed by atoms with E-state index in [1.165, 1.54) is 11.3 Å². The number of ether oxygens (including phenoxy) is 1. The first-order valence-electron chi connectivity index (χ1n) is 6.82. The minimum absolute atomic E-state index is 0.218. The van der Waals surface area contributed by atoms with Gasteiger partial charge < -0.3 is 9.15 Å². The number of hydrogen-bond acceptors (Lipinski definition) is 5. The number of nitrogens with one attached hydrogen (secondary N) is 1. The average Bonchev–Trinajstić information content (AvgIpc) is 3.03. The number of benzene rings is 1. The number of furan rings is 1. The van der Waals surface area contributed by atoms with Crippen molar-refractivity contribution in [1.29, 1.82) is 0 Å². The van der Waals surface area contributed by atoms with Crippen molar-refractivity contribution in [3.8, 4) is 5.75 Å². The molecule has 0 bridgehead atoms. The van der Waals surface area contributed by atoms with Crippen LogP contribution in [0.3, 0.4) is 0 Å². The first-order valence-corrected chi connectivity index (χ1v) is 7.63. The normalized spacial score (nSPS) is 10.9. The number of thiazole rings is 1. The highest BCUT2D eigenvalue weighted by atomic mass is 32.1. The van der Waals surface area contributed by atoms with Crippen LogP contribution in [0.25, 0.3) is 10.2 Å². The van der Waals surface area contributed by atoms with Crippen LogP contribution < -0.4 is 10.1 Å². The van der Waals surface area contributed by atoms with Gasteiger partial charge in [-0.2, -0.15) is 0 Å². The Balaban J connectivity index is 1.96. The van der Waals surface area contributed by atoms with E-state index in [9.17, 15) is 4.79 Å². The molecule has 0 aliphatic heterocycles. The molecule has 1 aromatic carbocycles. The van der Waals surface area contributed by atoms with Gasteiger partial charge in [0.25, 0.3) is 5.91 Å². The molecule has 22 heavy (non-hydrogen) atoms. The summed E-state index contributed by atoms with van der Waals surface area (Å²) in [5.74, 6) is 1.80. The van der Waals surface area contributed by atoms with E-state index in [2.05, 4.69) is 10.3 Å². The molecule has 5 nitrogen and oxygen atoms in total. The minimum Gasteiger partial charge on any atom is -0.494 e. The molecule has 1 N–H and O–H groups in total. The molecule has 2 heterocycles. The van der Waals surface area contributed by atoms with Gasteiger partial charge in [-0.1, -0.05) is 17.4 Å². The smallest absolute Gasteiger partial charge is 0.260 e. The summed E-state index contributed by atoms with van der Waals surface area (Å²) in [6, 6.07) is 5.59. The highest BCUT2D eigenvalue weighted by molar-refractivity contribution is 7.22.